The van der Waals surface area contributed by atoms with E-state index in [0.29, 0.717) is 12.3 Å². The molecule has 1 fully saturated rings. The molecule has 2 heteroatoms. The van der Waals surface area contributed by atoms with Crippen molar-refractivity contribution in [3.05, 3.63) is 11.6 Å². The number of rotatable bonds is 4. The monoisotopic (exact) mass is 208 g/mol. The van der Waals surface area contributed by atoms with Crippen molar-refractivity contribution in [3.63, 3.8) is 0 Å². The van der Waals surface area contributed by atoms with E-state index >= 15 is 0 Å². The molecule has 1 saturated carbocycles. The van der Waals surface area contributed by atoms with Gasteiger partial charge in [0.05, 0.1) is 0 Å². The van der Waals surface area contributed by atoms with Gasteiger partial charge in [-0.3, -0.25) is 9.59 Å². The number of hydrogen-bond donors (Lipinski definition) is 0. The van der Waals surface area contributed by atoms with Crippen molar-refractivity contribution in [1.82, 2.24) is 0 Å². The smallest absolute Gasteiger partial charge is 0.155 e. The summed E-state index contributed by atoms with van der Waals surface area (Å²) in [5.74, 6) is 0.653. The molecule has 0 aromatic carbocycles. The molecule has 2 nitrogen and oxygen atoms in total. The molecule has 0 unspecified atom stereocenters. The molecule has 0 atom stereocenters. The number of ketones is 2. The average Bonchev–Trinajstić information content (AvgIpc) is 2.17. The van der Waals surface area contributed by atoms with Gasteiger partial charge in [0, 0.05) is 6.42 Å². The normalized spacial score (nSPS) is 18.9. The minimum atomic E-state index is 0.0516. The Morgan fingerprint density at radius 2 is 1.73 bits per heavy atom. The van der Waals surface area contributed by atoms with Gasteiger partial charge in [-0.1, -0.05) is 25.3 Å². The molecule has 0 saturated heterocycles. The Labute approximate surface area is 91.7 Å². The van der Waals surface area contributed by atoms with Crippen LogP contribution in [0.5, 0.6) is 0 Å². The number of carbonyl (C=O) groups excluding carboxylic acids is 2. The molecule has 1 aliphatic carbocycles. The predicted octanol–water partition coefficient (Wildman–Crippen LogP) is 3.06. The molecule has 0 aromatic rings. The van der Waals surface area contributed by atoms with Crippen molar-refractivity contribution in [2.45, 2.75) is 52.4 Å². The molecular weight excluding hydrogens is 188 g/mol. The van der Waals surface area contributed by atoms with Gasteiger partial charge >= 0.3 is 0 Å². The summed E-state index contributed by atoms with van der Waals surface area (Å²) in [4.78, 5) is 22.3. The van der Waals surface area contributed by atoms with E-state index in [1.165, 1.54) is 39.0 Å². The lowest BCUT2D eigenvalue weighted by molar-refractivity contribution is -0.119. The molecule has 0 bridgehead atoms. The lowest BCUT2D eigenvalue weighted by Gasteiger charge is -2.19. The highest BCUT2D eigenvalue weighted by Crippen LogP contribution is 2.26. The van der Waals surface area contributed by atoms with Crippen molar-refractivity contribution < 1.29 is 9.59 Å². The zero-order chi connectivity index (χ0) is 11.3. The summed E-state index contributed by atoms with van der Waals surface area (Å²) in [7, 11) is 0. The van der Waals surface area contributed by atoms with Crippen LogP contribution in [-0.4, -0.2) is 11.6 Å². The van der Waals surface area contributed by atoms with Crippen LogP contribution < -0.4 is 0 Å². The maximum atomic E-state index is 11.3. The fourth-order valence-electron chi connectivity index (χ4n) is 2.15. The van der Waals surface area contributed by atoms with E-state index in [9.17, 15) is 9.59 Å². The van der Waals surface area contributed by atoms with Gasteiger partial charge in [-0.05, 0) is 38.2 Å². The van der Waals surface area contributed by atoms with E-state index in [4.69, 9.17) is 0 Å². The van der Waals surface area contributed by atoms with Crippen LogP contribution in [0.1, 0.15) is 52.4 Å². The minimum Gasteiger partial charge on any atom is -0.300 e. The summed E-state index contributed by atoms with van der Waals surface area (Å²) in [6.45, 7) is 3.09. The van der Waals surface area contributed by atoms with Crippen molar-refractivity contribution in [1.29, 1.82) is 0 Å². The molecule has 0 radical (unpaired) electrons. The second kappa shape index (κ2) is 5.84. The Hall–Kier alpha value is -0.920. The predicted molar refractivity (Wildman–Crippen MR) is 60.6 cm³/mol. The summed E-state index contributed by atoms with van der Waals surface area (Å²) >= 11 is 0. The van der Waals surface area contributed by atoms with Gasteiger partial charge in [-0.15, -0.1) is 0 Å². The second-order valence-electron chi connectivity index (χ2n) is 4.52. The van der Waals surface area contributed by atoms with Crippen LogP contribution >= 0.6 is 0 Å². The molecule has 1 rings (SSSR count). The van der Waals surface area contributed by atoms with Crippen molar-refractivity contribution in [2.75, 3.05) is 0 Å². The molecule has 0 amide bonds. The first-order chi connectivity index (χ1) is 7.09. The van der Waals surface area contributed by atoms with Crippen LogP contribution in [-0.2, 0) is 9.59 Å². The summed E-state index contributed by atoms with van der Waals surface area (Å²) in [5, 5.41) is 0. The van der Waals surface area contributed by atoms with Crippen LogP contribution in [0.3, 0.4) is 0 Å². The Balaban J connectivity index is 2.64. The summed E-state index contributed by atoms with van der Waals surface area (Å²) < 4.78 is 0. The summed E-state index contributed by atoms with van der Waals surface area (Å²) in [5.41, 5.74) is 0.717. The molecule has 0 aromatic heterocycles. The third-order valence-electron chi connectivity index (χ3n) is 2.98. The fourth-order valence-corrected chi connectivity index (χ4v) is 2.15. The summed E-state index contributed by atoms with van der Waals surface area (Å²) in [6.07, 6.45) is 8.53. The largest absolute Gasteiger partial charge is 0.300 e. The van der Waals surface area contributed by atoms with Crippen molar-refractivity contribution in [2.24, 2.45) is 5.92 Å². The maximum absolute atomic E-state index is 11.3. The maximum Gasteiger partial charge on any atom is 0.155 e. The van der Waals surface area contributed by atoms with Crippen molar-refractivity contribution in [3.8, 4) is 0 Å². The van der Waals surface area contributed by atoms with Crippen LogP contribution in [0.2, 0.25) is 0 Å². The Morgan fingerprint density at radius 3 is 2.20 bits per heavy atom. The first kappa shape index (κ1) is 12.2. The van der Waals surface area contributed by atoms with Crippen LogP contribution in [0, 0.1) is 5.92 Å². The van der Waals surface area contributed by atoms with E-state index in [1.54, 1.807) is 6.92 Å². The van der Waals surface area contributed by atoms with Gasteiger partial charge in [0.15, 0.2) is 5.78 Å². The molecular formula is C13H20O2. The number of carbonyl (C=O) groups is 2. The van der Waals surface area contributed by atoms with E-state index in [1.807, 2.05) is 6.08 Å². The van der Waals surface area contributed by atoms with E-state index < -0.39 is 0 Å². The zero-order valence-corrected chi connectivity index (χ0v) is 9.71. The van der Waals surface area contributed by atoms with E-state index in [-0.39, 0.29) is 11.6 Å². The molecule has 0 aliphatic heterocycles. The minimum absolute atomic E-state index is 0.0516. The van der Waals surface area contributed by atoms with Crippen LogP contribution in [0.15, 0.2) is 11.6 Å². The standard InChI is InChI=1S/C13H20O2/c1-10(14)8-13(11(2)15)9-12-6-4-3-5-7-12/h9,12H,3-8H2,1-2H3/b13-9+. The molecule has 15 heavy (non-hydrogen) atoms. The lowest BCUT2D eigenvalue weighted by Crippen LogP contribution is -2.08. The molecule has 84 valence electrons. The lowest BCUT2D eigenvalue weighted by atomic mass is 9.87. The zero-order valence-electron chi connectivity index (χ0n) is 9.71. The van der Waals surface area contributed by atoms with E-state index in [0.717, 1.165) is 5.57 Å². The number of allylic oxidation sites excluding steroid dienone is 2. The summed E-state index contributed by atoms with van der Waals surface area (Å²) in [6, 6.07) is 0. The number of Topliss-reactive ketones (excluding diaryl/α,β-unsaturated/α-hetero) is 2. The van der Waals surface area contributed by atoms with Gasteiger partial charge in [0.1, 0.15) is 5.78 Å². The third kappa shape index (κ3) is 4.41. The van der Waals surface area contributed by atoms with E-state index in [2.05, 4.69) is 0 Å². The molecule has 0 heterocycles. The fraction of sp³-hybridized carbons (Fsp3) is 0.692. The van der Waals surface area contributed by atoms with Gasteiger partial charge in [0.2, 0.25) is 0 Å². The average molecular weight is 208 g/mol. The van der Waals surface area contributed by atoms with Crippen LogP contribution in [0.25, 0.3) is 0 Å². The van der Waals surface area contributed by atoms with Crippen molar-refractivity contribution >= 4 is 11.6 Å². The topological polar surface area (TPSA) is 34.1 Å². The highest BCUT2D eigenvalue weighted by atomic mass is 16.1. The highest BCUT2D eigenvalue weighted by Gasteiger charge is 2.14. The van der Waals surface area contributed by atoms with Gasteiger partial charge in [0.25, 0.3) is 0 Å². The SMILES string of the molecule is CC(=O)C/C(=C\C1CCCCC1)C(C)=O. The first-order valence-corrected chi connectivity index (χ1v) is 5.80. The van der Waals surface area contributed by atoms with Crippen LogP contribution in [0.4, 0.5) is 0 Å². The Kier molecular flexibility index (Phi) is 4.73. The van der Waals surface area contributed by atoms with Gasteiger partial charge in [-0.2, -0.15) is 0 Å². The Bertz CT molecular complexity index is 270. The van der Waals surface area contributed by atoms with Gasteiger partial charge < -0.3 is 0 Å². The first-order valence-electron chi connectivity index (χ1n) is 5.80. The molecule has 0 spiro atoms. The molecule has 1 aliphatic rings. The highest BCUT2D eigenvalue weighted by molar-refractivity contribution is 5.98. The molecule has 0 N–H and O–H groups in total. The quantitative estimate of drug-likeness (QED) is 0.665. The number of hydrogen-bond acceptors (Lipinski definition) is 2. The Morgan fingerprint density at radius 1 is 1.13 bits per heavy atom. The van der Waals surface area contributed by atoms with Gasteiger partial charge in [-0.25, -0.2) is 0 Å². The third-order valence-corrected chi connectivity index (χ3v) is 2.98. The second-order valence-corrected chi connectivity index (χ2v) is 4.52.